The van der Waals surface area contributed by atoms with Crippen LogP contribution in [0, 0.1) is 0 Å². The topological polar surface area (TPSA) is 66.8 Å². The minimum atomic E-state index is -0.919. The van der Waals surface area contributed by atoms with E-state index in [2.05, 4.69) is 0 Å². The van der Waals surface area contributed by atoms with Gasteiger partial charge in [0.05, 0.1) is 11.7 Å². The molecule has 22 heavy (non-hydrogen) atoms. The lowest BCUT2D eigenvalue weighted by atomic mass is 9.90. The molecule has 120 valence electrons. The Bertz CT molecular complexity index is 524. The Kier molecular flexibility index (Phi) is 5.55. The molecule has 5 heteroatoms. The van der Waals surface area contributed by atoms with Crippen molar-refractivity contribution in [3.8, 4) is 0 Å². The summed E-state index contributed by atoms with van der Waals surface area (Å²) in [7, 11) is 0. The molecule has 1 aliphatic rings. The van der Waals surface area contributed by atoms with Gasteiger partial charge in [-0.15, -0.1) is 0 Å². The van der Waals surface area contributed by atoms with E-state index in [-0.39, 0.29) is 30.1 Å². The summed E-state index contributed by atoms with van der Waals surface area (Å²) in [5.74, 6) is -0.627. The summed E-state index contributed by atoms with van der Waals surface area (Å²) in [6.45, 7) is 5.39. The van der Waals surface area contributed by atoms with Gasteiger partial charge in [-0.1, -0.05) is 12.1 Å². The van der Waals surface area contributed by atoms with E-state index in [4.69, 9.17) is 9.84 Å². The van der Waals surface area contributed by atoms with Gasteiger partial charge in [0.15, 0.2) is 0 Å². The van der Waals surface area contributed by atoms with Crippen LogP contribution in [0.5, 0.6) is 0 Å². The van der Waals surface area contributed by atoms with E-state index in [0.29, 0.717) is 6.54 Å². The predicted molar refractivity (Wildman–Crippen MR) is 83.0 cm³/mol. The molecule has 1 saturated heterocycles. The Morgan fingerprint density at radius 2 is 2.00 bits per heavy atom. The van der Waals surface area contributed by atoms with Gasteiger partial charge in [-0.3, -0.25) is 4.79 Å². The minimum Gasteiger partial charge on any atom is -0.478 e. The van der Waals surface area contributed by atoms with Crippen LogP contribution in [0.4, 0.5) is 0 Å². The van der Waals surface area contributed by atoms with Crippen molar-refractivity contribution < 1.29 is 19.4 Å². The van der Waals surface area contributed by atoms with Crippen molar-refractivity contribution in [2.45, 2.75) is 38.7 Å². The summed E-state index contributed by atoms with van der Waals surface area (Å²) in [4.78, 5) is 24.9. The first-order chi connectivity index (χ1) is 10.5. The third kappa shape index (κ3) is 4.31. The molecule has 1 amide bonds. The highest BCUT2D eigenvalue weighted by Crippen LogP contribution is 2.27. The van der Waals surface area contributed by atoms with Crippen LogP contribution in [-0.4, -0.2) is 47.7 Å². The summed E-state index contributed by atoms with van der Waals surface area (Å²) < 4.78 is 5.38. The summed E-state index contributed by atoms with van der Waals surface area (Å²) >= 11 is 0. The van der Waals surface area contributed by atoms with E-state index in [1.807, 2.05) is 30.9 Å². The zero-order valence-electron chi connectivity index (χ0n) is 13.1. The van der Waals surface area contributed by atoms with Gasteiger partial charge in [-0.25, -0.2) is 4.79 Å². The van der Waals surface area contributed by atoms with Crippen molar-refractivity contribution >= 4 is 11.9 Å². The largest absolute Gasteiger partial charge is 0.478 e. The number of ether oxygens (including phenoxy) is 1. The average Bonchev–Trinajstić information content (AvgIpc) is 2.52. The predicted octanol–water partition coefficient (Wildman–Crippen LogP) is 2.52. The maximum atomic E-state index is 12.1. The van der Waals surface area contributed by atoms with Crippen LogP contribution in [-0.2, 0) is 9.53 Å². The molecular weight excluding hydrogens is 282 g/mol. The molecule has 1 aliphatic heterocycles. The molecule has 0 aromatic heterocycles. The number of benzene rings is 1. The van der Waals surface area contributed by atoms with Crippen molar-refractivity contribution in [3.63, 3.8) is 0 Å². The molecule has 2 rings (SSSR count). The molecule has 0 spiro atoms. The average molecular weight is 305 g/mol. The second-order valence-electron chi connectivity index (χ2n) is 5.97. The van der Waals surface area contributed by atoms with Gasteiger partial charge in [0.2, 0.25) is 5.91 Å². The number of piperidine rings is 1. The lowest BCUT2D eigenvalue weighted by Gasteiger charge is -2.33. The molecule has 1 aromatic rings. The number of likely N-dealkylation sites (tertiary alicyclic amines) is 1. The van der Waals surface area contributed by atoms with Gasteiger partial charge in [0.1, 0.15) is 6.61 Å². The zero-order chi connectivity index (χ0) is 16.1. The second-order valence-corrected chi connectivity index (χ2v) is 5.97. The van der Waals surface area contributed by atoms with Crippen LogP contribution < -0.4 is 0 Å². The van der Waals surface area contributed by atoms with E-state index in [9.17, 15) is 9.59 Å². The zero-order valence-corrected chi connectivity index (χ0v) is 13.1. The maximum absolute atomic E-state index is 12.1. The molecule has 1 aromatic carbocycles. The quantitative estimate of drug-likeness (QED) is 0.907. The van der Waals surface area contributed by atoms with Crippen molar-refractivity contribution in [1.82, 2.24) is 4.90 Å². The summed E-state index contributed by atoms with van der Waals surface area (Å²) in [6, 6.07) is 6.96. The minimum absolute atomic E-state index is 0.0283. The normalized spacial score (nSPS) is 18.5. The van der Waals surface area contributed by atoms with Crippen LogP contribution in [0.15, 0.2) is 24.3 Å². The highest BCUT2D eigenvalue weighted by Gasteiger charge is 2.25. The van der Waals surface area contributed by atoms with Crippen molar-refractivity contribution in [3.05, 3.63) is 35.4 Å². The van der Waals surface area contributed by atoms with E-state index in [0.717, 1.165) is 24.9 Å². The van der Waals surface area contributed by atoms with Gasteiger partial charge >= 0.3 is 5.97 Å². The Labute approximate surface area is 130 Å². The van der Waals surface area contributed by atoms with E-state index >= 15 is 0 Å². The number of nitrogens with zero attached hydrogens (tertiary/aromatic N) is 1. The molecule has 1 atom stereocenters. The Morgan fingerprint density at radius 3 is 2.59 bits per heavy atom. The Balaban J connectivity index is 1.97. The fourth-order valence-electron chi connectivity index (χ4n) is 2.70. The number of amides is 1. The van der Waals surface area contributed by atoms with E-state index in [1.54, 1.807) is 12.1 Å². The number of carbonyl (C=O) groups excluding carboxylic acids is 1. The van der Waals surface area contributed by atoms with Crippen molar-refractivity contribution in [2.75, 3.05) is 19.7 Å². The van der Waals surface area contributed by atoms with Gasteiger partial charge in [-0.05, 0) is 44.4 Å². The van der Waals surface area contributed by atoms with Gasteiger partial charge in [-0.2, -0.15) is 0 Å². The van der Waals surface area contributed by atoms with Gasteiger partial charge in [0, 0.05) is 19.0 Å². The first kappa shape index (κ1) is 16.5. The number of aromatic carboxylic acids is 1. The molecule has 0 aliphatic carbocycles. The number of hydrogen-bond acceptors (Lipinski definition) is 3. The van der Waals surface area contributed by atoms with Crippen LogP contribution in [0.3, 0.4) is 0 Å². The Hall–Kier alpha value is -1.88. The first-order valence-electron chi connectivity index (χ1n) is 7.70. The molecule has 1 heterocycles. The smallest absolute Gasteiger partial charge is 0.335 e. The fraction of sp³-hybridized carbons (Fsp3) is 0.529. The van der Waals surface area contributed by atoms with Gasteiger partial charge in [0.25, 0.3) is 0 Å². The van der Waals surface area contributed by atoms with Crippen molar-refractivity contribution in [2.24, 2.45) is 0 Å². The lowest BCUT2D eigenvalue weighted by Crippen LogP contribution is -2.41. The van der Waals surface area contributed by atoms with E-state index in [1.165, 1.54) is 0 Å². The number of hydrogen-bond donors (Lipinski definition) is 1. The molecule has 1 N–H and O–H groups in total. The molecule has 5 nitrogen and oxygen atoms in total. The number of carbonyl (C=O) groups is 2. The third-order valence-corrected chi connectivity index (χ3v) is 3.94. The maximum Gasteiger partial charge on any atom is 0.335 e. The number of carboxylic acid groups (broad SMARTS) is 1. The number of rotatable bonds is 5. The van der Waals surface area contributed by atoms with Crippen LogP contribution in [0.1, 0.15) is 48.5 Å². The molecular formula is C17H23NO4. The SMILES string of the molecule is CC(C)OCC(=O)N1CCCC(c2ccc(C(=O)O)cc2)C1. The highest BCUT2D eigenvalue weighted by molar-refractivity contribution is 5.87. The standard InChI is InChI=1S/C17H23NO4/c1-12(2)22-11-16(19)18-9-3-4-15(10-18)13-5-7-14(8-6-13)17(20)21/h5-8,12,15H,3-4,9-11H2,1-2H3,(H,20,21). The fourth-order valence-corrected chi connectivity index (χ4v) is 2.70. The third-order valence-electron chi connectivity index (χ3n) is 3.94. The Morgan fingerprint density at radius 1 is 1.32 bits per heavy atom. The molecule has 0 saturated carbocycles. The lowest BCUT2D eigenvalue weighted by molar-refractivity contribution is -0.138. The molecule has 0 bridgehead atoms. The van der Waals surface area contributed by atoms with Crippen LogP contribution >= 0.6 is 0 Å². The highest BCUT2D eigenvalue weighted by atomic mass is 16.5. The summed E-state index contributed by atoms with van der Waals surface area (Å²) in [6.07, 6.45) is 2.02. The summed E-state index contributed by atoms with van der Waals surface area (Å²) in [5.41, 5.74) is 1.38. The molecule has 0 radical (unpaired) electrons. The van der Waals surface area contributed by atoms with Crippen LogP contribution in [0.2, 0.25) is 0 Å². The second kappa shape index (κ2) is 7.40. The molecule has 1 unspecified atom stereocenters. The van der Waals surface area contributed by atoms with E-state index < -0.39 is 5.97 Å². The van der Waals surface area contributed by atoms with Crippen LogP contribution in [0.25, 0.3) is 0 Å². The number of carboxylic acids is 1. The van der Waals surface area contributed by atoms with Crippen molar-refractivity contribution in [1.29, 1.82) is 0 Å². The monoisotopic (exact) mass is 305 g/mol. The van der Waals surface area contributed by atoms with Gasteiger partial charge < -0.3 is 14.7 Å². The molecule has 1 fully saturated rings. The first-order valence-corrected chi connectivity index (χ1v) is 7.70. The summed E-state index contributed by atoms with van der Waals surface area (Å²) in [5, 5.41) is 8.94.